The largest absolute Gasteiger partial charge is 0.349 e. The first kappa shape index (κ1) is 25.2. The maximum atomic E-state index is 13.1. The Hall–Kier alpha value is -2.91. The van der Waals surface area contributed by atoms with E-state index in [-0.39, 0.29) is 28.9 Å². The minimum Gasteiger partial charge on any atom is -0.349 e. The number of hydrogen-bond acceptors (Lipinski definition) is 4. The Labute approximate surface area is 207 Å². The van der Waals surface area contributed by atoms with Crippen LogP contribution < -0.4 is 16.0 Å². The molecule has 0 bridgehead atoms. The molecule has 3 N–H and O–H groups in total. The second-order valence-electron chi connectivity index (χ2n) is 9.51. The van der Waals surface area contributed by atoms with Crippen LogP contribution in [0, 0.1) is 5.92 Å². The number of benzene rings is 2. The van der Waals surface area contributed by atoms with E-state index >= 15 is 0 Å². The topological polar surface area (TPSA) is 108 Å². The molecule has 0 unspecified atom stereocenters. The summed E-state index contributed by atoms with van der Waals surface area (Å²) in [6.07, 6.45) is 5.48. The van der Waals surface area contributed by atoms with E-state index in [0.29, 0.717) is 43.1 Å². The SMILES string of the molecule is C[C@@H]1CCCC[C@@H]1NC(=O)c1ccc(S(=O)(=O)N2CCC(NC(=O)Nc3ccccc3)CC2)cc1. The number of para-hydroxylation sites is 1. The molecule has 9 heteroatoms. The third-order valence-corrected chi connectivity index (χ3v) is 8.92. The monoisotopic (exact) mass is 498 g/mol. The van der Waals surface area contributed by atoms with Crippen LogP contribution in [0.2, 0.25) is 0 Å². The zero-order chi connectivity index (χ0) is 24.8. The molecule has 1 heterocycles. The number of anilines is 1. The number of amides is 3. The number of urea groups is 1. The molecule has 4 rings (SSSR count). The molecule has 2 fully saturated rings. The molecule has 1 aliphatic heterocycles. The average molecular weight is 499 g/mol. The summed E-state index contributed by atoms with van der Waals surface area (Å²) in [5.74, 6) is 0.294. The van der Waals surface area contributed by atoms with Gasteiger partial charge in [0.1, 0.15) is 0 Å². The lowest BCUT2D eigenvalue weighted by Crippen LogP contribution is -2.47. The number of hydrogen-bond donors (Lipinski definition) is 3. The molecule has 0 spiro atoms. The van der Waals surface area contributed by atoms with Gasteiger partial charge >= 0.3 is 6.03 Å². The van der Waals surface area contributed by atoms with Crippen LogP contribution in [-0.4, -0.2) is 49.8 Å². The van der Waals surface area contributed by atoms with Gasteiger partial charge in [-0.15, -0.1) is 0 Å². The molecule has 2 aromatic carbocycles. The summed E-state index contributed by atoms with van der Waals surface area (Å²) in [5, 5.41) is 8.81. The lowest BCUT2D eigenvalue weighted by molar-refractivity contribution is 0.0910. The Morgan fingerprint density at radius 1 is 0.857 bits per heavy atom. The van der Waals surface area contributed by atoms with Crippen molar-refractivity contribution < 1.29 is 18.0 Å². The van der Waals surface area contributed by atoms with Gasteiger partial charge in [-0.3, -0.25) is 4.79 Å². The first-order valence-corrected chi connectivity index (χ1v) is 13.8. The molecule has 1 aliphatic carbocycles. The molecule has 188 valence electrons. The molecule has 3 amide bonds. The maximum absolute atomic E-state index is 13.1. The Balaban J connectivity index is 1.29. The fourth-order valence-corrected chi connectivity index (χ4v) is 6.29. The number of nitrogens with zero attached hydrogens (tertiary/aromatic N) is 1. The van der Waals surface area contributed by atoms with Crippen LogP contribution in [0.15, 0.2) is 59.5 Å². The zero-order valence-corrected chi connectivity index (χ0v) is 20.9. The molecule has 1 saturated carbocycles. The van der Waals surface area contributed by atoms with Crippen molar-refractivity contribution in [2.45, 2.75) is 62.4 Å². The Morgan fingerprint density at radius 3 is 2.17 bits per heavy atom. The quantitative estimate of drug-likeness (QED) is 0.560. The highest BCUT2D eigenvalue weighted by atomic mass is 32.2. The lowest BCUT2D eigenvalue weighted by atomic mass is 9.86. The highest BCUT2D eigenvalue weighted by Gasteiger charge is 2.30. The summed E-state index contributed by atoms with van der Waals surface area (Å²) in [4.78, 5) is 25.0. The van der Waals surface area contributed by atoms with Crippen molar-refractivity contribution >= 4 is 27.6 Å². The average Bonchev–Trinajstić information content (AvgIpc) is 2.86. The minimum absolute atomic E-state index is 0.0987. The van der Waals surface area contributed by atoms with Crippen molar-refractivity contribution in [2.75, 3.05) is 18.4 Å². The normalized spacial score (nSPS) is 21.7. The maximum Gasteiger partial charge on any atom is 0.319 e. The third-order valence-electron chi connectivity index (χ3n) is 7.00. The van der Waals surface area contributed by atoms with E-state index in [1.54, 1.807) is 24.3 Å². The second-order valence-corrected chi connectivity index (χ2v) is 11.4. The van der Waals surface area contributed by atoms with Gasteiger partial charge in [0.05, 0.1) is 4.90 Å². The molecular weight excluding hydrogens is 464 g/mol. The summed E-state index contributed by atoms with van der Waals surface area (Å²) >= 11 is 0. The fraction of sp³-hybridized carbons (Fsp3) is 0.462. The van der Waals surface area contributed by atoms with E-state index in [0.717, 1.165) is 19.3 Å². The molecule has 1 saturated heterocycles. The molecule has 8 nitrogen and oxygen atoms in total. The van der Waals surface area contributed by atoms with Gasteiger partial charge in [-0.05, 0) is 68.0 Å². The first-order chi connectivity index (χ1) is 16.8. The smallest absolute Gasteiger partial charge is 0.319 e. The van der Waals surface area contributed by atoms with Crippen LogP contribution in [0.1, 0.15) is 55.8 Å². The fourth-order valence-electron chi connectivity index (χ4n) is 4.82. The van der Waals surface area contributed by atoms with Crippen LogP contribution in [-0.2, 0) is 10.0 Å². The Bertz CT molecular complexity index is 1110. The molecule has 2 aromatic rings. The summed E-state index contributed by atoms with van der Waals surface area (Å²) in [7, 11) is -3.67. The van der Waals surface area contributed by atoms with E-state index < -0.39 is 10.0 Å². The van der Waals surface area contributed by atoms with Gasteiger partial charge in [0, 0.05) is 36.4 Å². The van der Waals surface area contributed by atoms with E-state index in [1.165, 1.54) is 22.9 Å². The summed E-state index contributed by atoms with van der Waals surface area (Å²) in [6, 6.07) is 15.1. The molecule has 2 aliphatic rings. The van der Waals surface area contributed by atoms with Crippen LogP contribution in [0.4, 0.5) is 10.5 Å². The van der Waals surface area contributed by atoms with Crippen LogP contribution in [0.5, 0.6) is 0 Å². The molecular formula is C26H34N4O4S. The number of carbonyl (C=O) groups is 2. The third kappa shape index (κ3) is 6.41. The first-order valence-electron chi connectivity index (χ1n) is 12.4. The molecule has 0 radical (unpaired) electrons. The molecule has 0 aromatic heterocycles. The number of carbonyl (C=O) groups excluding carboxylic acids is 2. The predicted octanol–water partition coefficient (Wildman–Crippen LogP) is 3.97. The van der Waals surface area contributed by atoms with Crippen molar-refractivity contribution in [3.8, 4) is 0 Å². The second kappa shape index (κ2) is 11.2. The van der Waals surface area contributed by atoms with Crippen molar-refractivity contribution in [3.63, 3.8) is 0 Å². The zero-order valence-electron chi connectivity index (χ0n) is 20.1. The van der Waals surface area contributed by atoms with Crippen LogP contribution in [0.25, 0.3) is 0 Å². The van der Waals surface area contributed by atoms with E-state index in [9.17, 15) is 18.0 Å². The van der Waals surface area contributed by atoms with Gasteiger partial charge in [-0.2, -0.15) is 4.31 Å². The highest BCUT2D eigenvalue weighted by Crippen LogP contribution is 2.25. The Morgan fingerprint density at radius 2 is 1.51 bits per heavy atom. The van der Waals surface area contributed by atoms with Gasteiger partial charge in [0.15, 0.2) is 0 Å². The van der Waals surface area contributed by atoms with Gasteiger partial charge in [-0.25, -0.2) is 13.2 Å². The predicted molar refractivity (Wildman–Crippen MR) is 136 cm³/mol. The van der Waals surface area contributed by atoms with Crippen molar-refractivity contribution in [1.82, 2.24) is 14.9 Å². The summed E-state index contributed by atoms with van der Waals surface area (Å²) < 4.78 is 27.7. The lowest BCUT2D eigenvalue weighted by Gasteiger charge is -2.31. The van der Waals surface area contributed by atoms with Gasteiger partial charge in [0.25, 0.3) is 5.91 Å². The van der Waals surface area contributed by atoms with Gasteiger partial charge < -0.3 is 16.0 Å². The van der Waals surface area contributed by atoms with Crippen LogP contribution in [0.3, 0.4) is 0 Å². The number of rotatable bonds is 6. The number of sulfonamides is 1. The van der Waals surface area contributed by atoms with E-state index in [2.05, 4.69) is 22.9 Å². The minimum atomic E-state index is -3.67. The molecule has 2 atom stereocenters. The van der Waals surface area contributed by atoms with Crippen molar-refractivity contribution in [3.05, 3.63) is 60.2 Å². The van der Waals surface area contributed by atoms with E-state index in [4.69, 9.17) is 0 Å². The summed E-state index contributed by atoms with van der Waals surface area (Å²) in [6.45, 7) is 2.80. The highest BCUT2D eigenvalue weighted by molar-refractivity contribution is 7.89. The summed E-state index contributed by atoms with van der Waals surface area (Å²) in [5.41, 5.74) is 1.17. The van der Waals surface area contributed by atoms with E-state index in [1.807, 2.05) is 18.2 Å². The number of nitrogens with one attached hydrogen (secondary N) is 3. The van der Waals surface area contributed by atoms with Crippen LogP contribution >= 0.6 is 0 Å². The van der Waals surface area contributed by atoms with Gasteiger partial charge in [0.2, 0.25) is 10.0 Å². The molecule has 35 heavy (non-hydrogen) atoms. The Kier molecular flexibility index (Phi) is 8.07. The van der Waals surface area contributed by atoms with Gasteiger partial charge in [-0.1, -0.05) is 38.0 Å². The van der Waals surface area contributed by atoms with Crippen molar-refractivity contribution in [1.29, 1.82) is 0 Å². The standard InChI is InChI=1S/C26H34N4O4S/c1-19-7-5-6-10-24(19)29-25(31)20-11-13-23(14-12-20)35(33,34)30-17-15-22(16-18-30)28-26(32)27-21-8-3-2-4-9-21/h2-4,8-9,11-14,19,22,24H,5-7,10,15-18H2,1H3,(H,29,31)(H2,27,28,32)/t19-,24+/m1/s1. The van der Waals surface area contributed by atoms with Crippen molar-refractivity contribution in [2.24, 2.45) is 5.92 Å². The number of piperidine rings is 1.